The predicted octanol–water partition coefficient (Wildman–Crippen LogP) is 2.56. The summed E-state index contributed by atoms with van der Waals surface area (Å²) in [6.45, 7) is 4.16. The predicted molar refractivity (Wildman–Crippen MR) is 141 cm³/mol. The van der Waals surface area contributed by atoms with Gasteiger partial charge >= 0.3 is 11.9 Å². The lowest BCUT2D eigenvalue weighted by molar-refractivity contribution is -0.139. The molecule has 10 nitrogen and oxygen atoms in total. The zero-order valence-corrected chi connectivity index (χ0v) is 22.6. The van der Waals surface area contributed by atoms with Crippen LogP contribution in [0.15, 0.2) is 46.0 Å². The third-order valence-corrected chi connectivity index (χ3v) is 7.15. The number of hydrogen-bond acceptors (Lipinski definition) is 10. The second-order valence-corrected chi connectivity index (χ2v) is 10.2. The number of halogens is 2. The molecule has 0 aliphatic carbocycles. The van der Waals surface area contributed by atoms with Crippen LogP contribution < -0.4 is 5.32 Å². The molecule has 1 aromatic heterocycles. The van der Waals surface area contributed by atoms with Gasteiger partial charge in [0.2, 0.25) is 0 Å². The van der Waals surface area contributed by atoms with Crippen molar-refractivity contribution in [3.63, 3.8) is 0 Å². The molecular formula is C25H29ClFN5O5S. The summed E-state index contributed by atoms with van der Waals surface area (Å²) in [4.78, 5) is 37.3. The fourth-order valence-corrected chi connectivity index (χ4v) is 5.33. The molecule has 0 radical (unpaired) electrons. The number of hydrogen-bond donors (Lipinski definition) is 2. The van der Waals surface area contributed by atoms with Crippen LogP contribution in [0.3, 0.4) is 0 Å². The number of carbonyl (C=O) groups is 2. The first kappa shape index (κ1) is 28.1. The molecule has 3 heterocycles. The van der Waals surface area contributed by atoms with Gasteiger partial charge in [0.1, 0.15) is 11.9 Å². The van der Waals surface area contributed by atoms with E-state index < -0.39 is 23.8 Å². The number of morpholine rings is 1. The first-order valence-electron chi connectivity index (χ1n) is 12.1. The van der Waals surface area contributed by atoms with Gasteiger partial charge in [-0.3, -0.25) is 19.6 Å². The number of ether oxygens (including phenoxy) is 2. The minimum atomic E-state index is -0.907. The average Bonchev–Trinajstić information content (AvgIpc) is 3.38. The maximum absolute atomic E-state index is 13.9. The SMILES string of the molecule is CCOC(=O)C1=C(CN2CCOC(CN(C)CC(=O)O)C2)NC(c2nccs2)=NC1c1ccc(F)cc1Cl. The smallest absolute Gasteiger partial charge is 0.338 e. The minimum absolute atomic E-state index is 0.0900. The Bertz CT molecular complexity index is 1220. The van der Waals surface area contributed by atoms with Crippen molar-refractivity contribution in [1.29, 1.82) is 0 Å². The minimum Gasteiger partial charge on any atom is -0.480 e. The quantitative estimate of drug-likeness (QED) is 0.419. The highest BCUT2D eigenvalue weighted by Crippen LogP contribution is 2.37. The van der Waals surface area contributed by atoms with E-state index in [1.54, 1.807) is 25.1 Å². The molecule has 2 N–H and O–H groups in total. The first-order valence-corrected chi connectivity index (χ1v) is 13.3. The second kappa shape index (κ2) is 12.8. The first-order chi connectivity index (χ1) is 18.2. The lowest BCUT2D eigenvalue weighted by Crippen LogP contribution is -2.49. The Morgan fingerprint density at radius 3 is 2.92 bits per heavy atom. The summed E-state index contributed by atoms with van der Waals surface area (Å²) in [5, 5.41) is 15.0. The Kier molecular flexibility index (Phi) is 9.44. The summed E-state index contributed by atoms with van der Waals surface area (Å²) in [6, 6.07) is 3.16. The number of carboxylic acid groups (broad SMARTS) is 1. The molecule has 2 atom stereocenters. The molecule has 0 bridgehead atoms. The molecule has 2 aromatic rings. The topological polar surface area (TPSA) is 117 Å². The summed E-state index contributed by atoms with van der Waals surface area (Å²) in [6.07, 6.45) is 1.45. The number of nitrogens with one attached hydrogen (secondary N) is 1. The van der Waals surface area contributed by atoms with Crippen molar-refractivity contribution in [3.8, 4) is 0 Å². The Morgan fingerprint density at radius 2 is 2.24 bits per heavy atom. The average molecular weight is 566 g/mol. The Labute approximate surface area is 228 Å². The molecular weight excluding hydrogens is 537 g/mol. The lowest BCUT2D eigenvalue weighted by Gasteiger charge is -2.36. The molecule has 2 unspecified atom stereocenters. The summed E-state index contributed by atoms with van der Waals surface area (Å²) < 4.78 is 25.2. The number of benzene rings is 1. The molecule has 0 spiro atoms. The normalized spacial score (nSPS) is 20.3. The molecule has 204 valence electrons. The van der Waals surface area contributed by atoms with Crippen molar-refractivity contribution in [2.24, 2.45) is 4.99 Å². The molecule has 1 fully saturated rings. The van der Waals surface area contributed by atoms with Gasteiger partial charge in [0, 0.05) is 54.0 Å². The molecule has 13 heteroatoms. The van der Waals surface area contributed by atoms with Gasteiger partial charge in [-0.2, -0.15) is 0 Å². The van der Waals surface area contributed by atoms with Gasteiger partial charge in [0.15, 0.2) is 10.8 Å². The van der Waals surface area contributed by atoms with Crippen LogP contribution in [0.2, 0.25) is 5.02 Å². The fourth-order valence-electron chi connectivity index (χ4n) is 4.47. The fraction of sp³-hybridized carbons (Fsp3) is 0.440. The number of carboxylic acids is 1. The Morgan fingerprint density at radius 1 is 1.42 bits per heavy atom. The van der Waals surface area contributed by atoms with E-state index in [1.165, 1.54) is 29.5 Å². The Balaban J connectivity index is 1.68. The summed E-state index contributed by atoms with van der Waals surface area (Å²) in [5.74, 6) is -1.48. The molecule has 1 saturated heterocycles. The van der Waals surface area contributed by atoms with E-state index in [2.05, 4.69) is 15.2 Å². The summed E-state index contributed by atoms with van der Waals surface area (Å²) in [7, 11) is 1.73. The molecule has 2 aliphatic heterocycles. The van der Waals surface area contributed by atoms with Crippen LogP contribution in [0.4, 0.5) is 4.39 Å². The standard InChI is InChI=1S/C25H29ClFN5O5S/c1-3-36-25(35)21-19(13-32-7-8-37-16(12-32)11-31(2)14-20(33)34)29-23(24-28-6-9-38-24)30-22(21)17-5-4-15(27)10-18(17)26/h4-6,9-10,16,22H,3,7-8,11-14H2,1-2H3,(H,29,30)(H,33,34). The number of carbonyl (C=O) groups excluding carboxylic acids is 1. The van der Waals surface area contributed by atoms with E-state index >= 15 is 0 Å². The van der Waals surface area contributed by atoms with Gasteiger partial charge in [-0.15, -0.1) is 11.3 Å². The molecule has 38 heavy (non-hydrogen) atoms. The number of nitrogens with zero attached hydrogens (tertiary/aromatic N) is 4. The van der Waals surface area contributed by atoms with Crippen LogP contribution in [0.1, 0.15) is 23.5 Å². The zero-order chi connectivity index (χ0) is 27.2. The number of rotatable bonds is 10. The third kappa shape index (κ3) is 6.94. The van der Waals surface area contributed by atoms with Crippen molar-refractivity contribution < 1.29 is 28.6 Å². The van der Waals surface area contributed by atoms with Crippen LogP contribution >= 0.6 is 22.9 Å². The zero-order valence-electron chi connectivity index (χ0n) is 21.0. The maximum atomic E-state index is 13.9. The van der Waals surface area contributed by atoms with E-state index in [0.29, 0.717) is 54.9 Å². The van der Waals surface area contributed by atoms with Crippen LogP contribution in [0.5, 0.6) is 0 Å². The third-order valence-electron chi connectivity index (χ3n) is 6.04. The number of likely N-dealkylation sites (N-methyl/N-ethyl adjacent to an activating group) is 1. The number of aliphatic carboxylic acids is 1. The van der Waals surface area contributed by atoms with Crippen molar-refractivity contribution in [3.05, 3.63) is 62.5 Å². The van der Waals surface area contributed by atoms with Gasteiger partial charge in [-0.05, 0) is 26.1 Å². The van der Waals surface area contributed by atoms with Crippen LogP contribution in [-0.2, 0) is 19.1 Å². The number of aromatic nitrogens is 1. The Hall–Kier alpha value is -2.90. The monoisotopic (exact) mass is 565 g/mol. The molecule has 1 aromatic carbocycles. The van der Waals surface area contributed by atoms with Crippen LogP contribution in [0.25, 0.3) is 0 Å². The molecule has 2 aliphatic rings. The summed E-state index contributed by atoms with van der Waals surface area (Å²) in [5.41, 5.74) is 1.33. The number of thiazole rings is 1. The van der Waals surface area contributed by atoms with E-state index in [4.69, 9.17) is 31.2 Å². The maximum Gasteiger partial charge on any atom is 0.338 e. The van der Waals surface area contributed by atoms with E-state index in [1.807, 2.05) is 5.38 Å². The van der Waals surface area contributed by atoms with Crippen LogP contribution in [0, 0.1) is 5.82 Å². The van der Waals surface area contributed by atoms with E-state index in [9.17, 15) is 14.0 Å². The van der Waals surface area contributed by atoms with Gasteiger partial charge in [0.05, 0.1) is 31.4 Å². The molecule has 4 rings (SSSR count). The number of aliphatic imine (C=N–C) groups is 1. The van der Waals surface area contributed by atoms with Crippen molar-refractivity contribution in [2.75, 3.05) is 53.0 Å². The molecule has 0 amide bonds. The van der Waals surface area contributed by atoms with E-state index in [0.717, 1.165) is 0 Å². The highest BCUT2D eigenvalue weighted by Gasteiger charge is 2.35. The second-order valence-electron chi connectivity index (χ2n) is 8.94. The number of esters is 1. The van der Waals surface area contributed by atoms with Gasteiger partial charge in [0.25, 0.3) is 0 Å². The lowest BCUT2D eigenvalue weighted by atomic mass is 9.95. The highest BCUT2D eigenvalue weighted by molar-refractivity contribution is 7.11. The highest BCUT2D eigenvalue weighted by atomic mass is 35.5. The van der Waals surface area contributed by atoms with Crippen molar-refractivity contribution in [1.82, 2.24) is 20.1 Å². The molecule has 0 saturated carbocycles. The van der Waals surface area contributed by atoms with E-state index in [-0.39, 0.29) is 29.9 Å². The van der Waals surface area contributed by atoms with Gasteiger partial charge < -0.3 is 19.9 Å². The summed E-state index contributed by atoms with van der Waals surface area (Å²) >= 11 is 7.82. The largest absolute Gasteiger partial charge is 0.480 e. The number of amidine groups is 1. The van der Waals surface area contributed by atoms with Gasteiger partial charge in [-0.25, -0.2) is 14.2 Å². The van der Waals surface area contributed by atoms with Crippen LogP contribution in [-0.4, -0.2) is 96.8 Å². The van der Waals surface area contributed by atoms with Gasteiger partial charge in [-0.1, -0.05) is 17.7 Å². The van der Waals surface area contributed by atoms with Crippen molar-refractivity contribution >= 4 is 40.7 Å². The van der Waals surface area contributed by atoms with Crippen molar-refractivity contribution in [2.45, 2.75) is 19.1 Å².